The van der Waals surface area contributed by atoms with Gasteiger partial charge in [0, 0.05) is 18.1 Å². The number of rotatable bonds is 7. The number of methoxy groups -OCH3 is 1. The van der Waals surface area contributed by atoms with Crippen molar-refractivity contribution in [2.24, 2.45) is 0 Å². The third kappa shape index (κ3) is 4.40. The number of hydrogen-bond donors (Lipinski definition) is 1. The molecule has 0 bridgehead atoms. The molecule has 0 aliphatic rings. The molecule has 0 heterocycles. The van der Waals surface area contributed by atoms with E-state index in [-0.39, 0.29) is 12.5 Å². The third-order valence-corrected chi connectivity index (χ3v) is 3.07. The van der Waals surface area contributed by atoms with Crippen molar-refractivity contribution in [2.45, 2.75) is 19.8 Å². The summed E-state index contributed by atoms with van der Waals surface area (Å²) in [5.74, 6) is 0.313. The van der Waals surface area contributed by atoms with E-state index in [1.54, 1.807) is 23.1 Å². The van der Waals surface area contributed by atoms with Gasteiger partial charge < -0.3 is 14.7 Å². The van der Waals surface area contributed by atoms with Gasteiger partial charge in [-0.1, -0.05) is 24.9 Å². The maximum Gasteiger partial charge on any atom is 0.257 e. The molecule has 106 valence electrons. The van der Waals surface area contributed by atoms with Crippen LogP contribution in [0.25, 0.3) is 0 Å². The molecule has 4 nitrogen and oxygen atoms in total. The fraction of sp³-hybridized carbons (Fsp3) is 0.500. The second-order valence-corrected chi connectivity index (χ2v) is 4.65. The zero-order valence-corrected chi connectivity index (χ0v) is 12.1. The summed E-state index contributed by atoms with van der Waals surface area (Å²) >= 11 is 5.88. The van der Waals surface area contributed by atoms with Crippen molar-refractivity contribution in [3.63, 3.8) is 0 Å². The van der Waals surface area contributed by atoms with Gasteiger partial charge in [0.1, 0.15) is 5.75 Å². The van der Waals surface area contributed by atoms with Gasteiger partial charge in [0.15, 0.2) is 0 Å². The molecule has 1 aromatic carbocycles. The van der Waals surface area contributed by atoms with Crippen LogP contribution < -0.4 is 4.74 Å². The first-order chi connectivity index (χ1) is 9.13. The highest BCUT2D eigenvalue weighted by atomic mass is 35.5. The Morgan fingerprint density at radius 2 is 2.16 bits per heavy atom. The number of carbonyl (C=O) groups excluding carboxylic acids is 1. The van der Waals surface area contributed by atoms with E-state index in [0.717, 1.165) is 12.8 Å². The molecule has 1 rings (SSSR count). The van der Waals surface area contributed by atoms with Gasteiger partial charge in [-0.2, -0.15) is 0 Å². The largest absolute Gasteiger partial charge is 0.496 e. The predicted octanol–water partition coefficient (Wildman–Crippen LogP) is 2.58. The van der Waals surface area contributed by atoms with Gasteiger partial charge in [0.05, 0.1) is 19.3 Å². The number of aliphatic hydroxyl groups excluding tert-OH is 1. The van der Waals surface area contributed by atoms with Gasteiger partial charge in [0.2, 0.25) is 0 Å². The quantitative estimate of drug-likeness (QED) is 0.838. The summed E-state index contributed by atoms with van der Waals surface area (Å²) in [6, 6.07) is 4.93. The van der Waals surface area contributed by atoms with Crippen LogP contribution in [0.3, 0.4) is 0 Å². The minimum atomic E-state index is -0.143. The Balaban J connectivity index is 2.94. The lowest BCUT2D eigenvalue weighted by Crippen LogP contribution is -2.34. The summed E-state index contributed by atoms with van der Waals surface area (Å²) < 4.78 is 5.19. The molecule has 1 amide bonds. The summed E-state index contributed by atoms with van der Waals surface area (Å²) in [6.07, 6.45) is 1.90. The highest BCUT2D eigenvalue weighted by molar-refractivity contribution is 6.30. The second-order valence-electron chi connectivity index (χ2n) is 4.21. The average molecular weight is 286 g/mol. The summed E-state index contributed by atoms with van der Waals surface area (Å²) in [5, 5.41) is 9.58. The lowest BCUT2D eigenvalue weighted by Gasteiger charge is -2.22. The standard InChI is InChI=1S/C14H20ClNO3/c1-3-4-7-16(8-9-17)14(18)12-6-5-11(15)10-13(12)19-2/h5-6,10,17H,3-4,7-9H2,1-2H3. The van der Waals surface area contributed by atoms with Crippen molar-refractivity contribution in [3.05, 3.63) is 28.8 Å². The van der Waals surface area contributed by atoms with Gasteiger partial charge in [0.25, 0.3) is 5.91 Å². The molecule has 0 radical (unpaired) electrons. The van der Waals surface area contributed by atoms with Crippen molar-refractivity contribution < 1.29 is 14.6 Å². The summed E-state index contributed by atoms with van der Waals surface area (Å²) in [6.45, 7) is 2.96. The lowest BCUT2D eigenvalue weighted by atomic mass is 10.1. The Bertz CT molecular complexity index is 423. The van der Waals surface area contributed by atoms with Crippen LogP contribution >= 0.6 is 11.6 Å². The van der Waals surface area contributed by atoms with Crippen LogP contribution in [-0.2, 0) is 0 Å². The third-order valence-electron chi connectivity index (χ3n) is 2.83. The van der Waals surface area contributed by atoms with Crippen LogP contribution in [0.15, 0.2) is 18.2 Å². The number of ether oxygens (including phenoxy) is 1. The number of unbranched alkanes of at least 4 members (excludes halogenated alkanes) is 1. The maximum absolute atomic E-state index is 12.4. The van der Waals surface area contributed by atoms with Crippen LogP contribution in [0, 0.1) is 0 Å². The molecule has 0 saturated carbocycles. The van der Waals surface area contributed by atoms with Crippen LogP contribution in [0.2, 0.25) is 5.02 Å². The molecule has 0 spiro atoms. The van der Waals surface area contributed by atoms with Gasteiger partial charge >= 0.3 is 0 Å². The van der Waals surface area contributed by atoms with E-state index >= 15 is 0 Å². The molecule has 0 saturated heterocycles. The van der Waals surface area contributed by atoms with E-state index < -0.39 is 0 Å². The molecule has 0 atom stereocenters. The first kappa shape index (κ1) is 15.8. The first-order valence-electron chi connectivity index (χ1n) is 6.37. The number of carbonyl (C=O) groups is 1. The van der Waals surface area contributed by atoms with Gasteiger partial charge in [-0.15, -0.1) is 0 Å². The monoisotopic (exact) mass is 285 g/mol. The molecule has 0 aliphatic carbocycles. The van der Waals surface area contributed by atoms with E-state index in [0.29, 0.717) is 29.4 Å². The Morgan fingerprint density at radius 3 is 2.74 bits per heavy atom. The fourth-order valence-corrected chi connectivity index (χ4v) is 1.96. The Hall–Kier alpha value is -1.26. The summed E-state index contributed by atoms with van der Waals surface area (Å²) in [5.41, 5.74) is 0.469. The summed E-state index contributed by atoms with van der Waals surface area (Å²) in [4.78, 5) is 14.1. The maximum atomic E-state index is 12.4. The fourth-order valence-electron chi connectivity index (χ4n) is 1.80. The second kappa shape index (κ2) is 8.02. The molecule has 5 heteroatoms. The smallest absolute Gasteiger partial charge is 0.257 e. The first-order valence-corrected chi connectivity index (χ1v) is 6.75. The highest BCUT2D eigenvalue weighted by Crippen LogP contribution is 2.24. The summed E-state index contributed by atoms with van der Waals surface area (Å²) in [7, 11) is 1.50. The van der Waals surface area contributed by atoms with Crippen LogP contribution in [0.1, 0.15) is 30.1 Å². The highest BCUT2D eigenvalue weighted by Gasteiger charge is 2.19. The van der Waals surface area contributed by atoms with Gasteiger partial charge in [-0.25, -0.2) is 0 Å². The van der Waals surface area contributed by atoms with Crippen molar-refractivity contribution in [1.82, 2.24) is 4.90 Å². The zero-order chi connectivity index (χ0) is 14.3. The Morgan fingerprint density at radius 1 is 1.42 bits per heavy atom. The molecule has 19 heavy (non-hydrogen) atoms. The molecule has 0 aromatic heterocycles. The average Bonchev–Trinajstić information content (AvgIpc) is 2.42. The van der Waals surface area contributed by atoms with Crippen LogP contribution in [0.5, 0.6) is 5.75 Å². The van der Waals surface area contributed by atoms with Gasteiger partial charge in [-0.3, -0.25) is 4.79 Å². The lowest BCUT2D eigenvalue weighted by molar-refractivity contribution is 0.0716. The van der Waals surface area contributed by atoms with E-state index in [1.807, 2.05) is 0 Å². The molecular formula is C14H20ClNO3. The van der Waals surface area contributed by atoms with E-state index in [1.165, 1.54) is 7.11 Å². The molecule has 1 N–H and O–H groups in total. The molecular weight excluding hydrogens is 266 g/mol. The minimum absolute atomic E-state index is 0.0502. The van der Waals surface area contributed by atoms with Crippen molar-refractivity contribution in [3.8, 4) is 5.75 Å². The molecule has 0 fully saturated rings. The minimum Gasteiger partial charge on any atom is -0.496 e. The number of aliphatic hydroxyl groups is 1. The normalized spacial score (nSPS) is 10.3. The SMILES string of the molecule is CCCCN(CCO)C(=O)c1ccc(Cl)cc1OC. The number of benzene rings is 1. The van der Waals surface area contributed by atoms with Crippen LogP contribution in [-0.4, -0.2) is 42.7 Å². The van der Waals surface area contributed by atoms with E-state index in [2.05, 4.69) is 6.92 Å². The van der Waals surface area contributed by atoms with Crippen molar-refractivity contribution in [2.75, 3.05) is 26.8 Å². The molecule has 1 aromatic rings. The number of nitrogens with zero attached hydrogens (tertiary/aromatic N) is 1. The van der Waals surface area contributed by atoms with Crippen molar-refractivity contribution >= 4 is 17.5 Å². The number of hydrogen-bond acceptors (Lipinski definition) is 3. The van der Waals surface area contributed by atoms with Crippen LogP contribution in [0.4, 0.5) is 0 Å². The molecule has 0 aliphatic heterocycles. The number of halogens is 1. The zero-order valence-electron chi connectivity index (χ0n) is 11.4. The van der Waals surface area contributed by atoms with Crippen molar-refractivity contribution in [1.29, 1.82) is 0 Å². The molecule has 0 unspecified atom stereocenters. The van der Waals surface area contributed by atoms with E-state index in [4.69, 9.17) is 21.4 Å². The Labute approximate surface area is 118 Å². The predicted molar refractivity (Wildman–Crippen MR) is 75.9 cm³/mol. The van der Waals surface area contributed by atoms with E-state index in [9.17, 15) is 4.79 Å². The topological polar surface area (TPSA) is 49.8 Å². The Kier molecular flexibility index (Phi) is 6.67. The van der Waals surface area contributed by atoms with Gasteiger partial charge in [-0.05, 0) is 24.6 Å². The number of amides is 1.